The molecule has 5 nitrogen and oxygen atoms in total. The molecular formula is C11H18ClN3O2. The van der Waals surface area contributed by atoms with E-state index < -0.39 is 12.0 Å². The summed E-state index contributed by atoms with van der Waals surface area (Å²) in [5, 5.41) is 16.8. The number of aromatic nitrogens is 2. The summed E-state index contributed by atoms with van der Waals surface area (Å²) in [5.41, 5.74) is 1.66. The molecule has 0 aliphatic rings. The van der Waals surface area contributed by atoms with Crippen LogP contribution in [0.2, 0.25) is 5.02 Å². The van der Waals surface area contributed by atoms with Gasteiger partial charge in [-0.15, -0.1) is 0 Å². The monoisotopic (exact) mass is 259 g/mol. The molecule has 1 aromatic rings. The molecule has 0 aliphatic carbocycles. The van der Waals surface area contributed by atoms with Gasteiger partial charge in [-0.2, -0.15) is 5.10 Å². The number of carbonyl (C=O) groups is 1. The Morgan fingerprint density at radius 1 is 1.59 bits per heavy atom. The van der Waals surface area contributed by atoms with E-state index in [0.717, 1.165) is 11.4 Å². The number of nitrogens with zero attached hydrogens (tertiary/aromatic N) is 2. The minimum Gasteiger partial charge on any atom is -0.480 e. The summed E-state index contributed by atoms with van der Waals surface area (Å²) in [6.45, 7) is 6.78. The molecular weight excluding hydrogens is 242 g/mol. The number of rotatable bonds is 6. The highest BCUT2D eigenvalue weighted by atomic mass is 35.5. The van der Waals surface area contributed by atoms with E-state index >= 15 is 0 Å². The lowest BCUT2D eigenvalue weighted by Gasteiger charge is -2.13. The van der Waals surface area contributed by atoms with Gasteiger partial charge in [-0.05, 0) is 26.8 Å². The molecule has 0 aromatic carbocycles. The second-order valence-electron chi connectivity index (χ2n) is 3.95. The number of carboxylic acid groups (broad SMARTS) is 1. The third-order valence-corrected chi connectivity index (χ3v) is 3.22. The number of halogens is 1. The molecule has 1 aromatic heterocycles. The Balaban J connectivity index is 2.65. The first-order valence-electron chi connectivity index (χ1n) is 5.63. The summed E-state index contributed by atoms with van der Waals surface area (Å²) in [7, 11) is 0. The van der Waals surface area contributed by atoms with Crippen molar-refractivity contribution in [1.82, 2.24) is 15.1 Å². The summed E-state index contributed by atoms with van der Waals surface area (Å²) in [6.07, 6.45) is 0.488. The Bertz CT molecular complexity index is 404. The summed E-state index contributed by atoms with van der Waals surface area (Å²) in [5.74, 6) is -0.834. The fraction of sp³-hybridized carbons (Fsp3) is 0.636. The first-order chi connectivity index (χ1) is 7.97. The molecule has 1 unspecified atom stereocenters. The Hall–Kier alpha value is -1.07. The number of hydrogen-bond donors (Lipinski definition) is 2. The van der Waals surface area contributed by atoms with Crippen LogP contribution in [0.4, 0.5) is 0 Å². The minimum absolute atomic E-state index is 0.488. The van der Waals surface area contributed by atoms with Gasteiger partial charge in [-0.3, -0.25) is 9.48 Å². The first-order valence-corrected chi connectivity index (χ1v) is 6.00. The van der Waals surface area contributed by atoms with Crippen LogP contribution >= 0.6 is 11.6 Å². The Kier molecular flexibility index (Phi) is 4.96. The largest absolute Gasteiger partial charge is 0.480 e. The predicted molar refractivity (Wildman–Crippen MR) is 66.4 cm³/mol. The van der Waals surface area contributed by atoms with E-state index in [1.165, 1.54) is 0 Å². The molecule has 0 saturated carbocycles. The predicted octanol–water partition coefficient (Wildman–Crippen LogP) is 1.61. The molecule has 0 bridgehead atoms. The van der Waals surface area contributed by atoms with Gasteiger partial charge in [0, 0.05) is 6.54 Å². The molecule has 0 spiro atoms. The van der Waals surface area contributed by atoms with Crippen LogP contribution in [0, 0.1) is 13.8 Å². The van der Waals surface area contributed by atoms with Crippen molar-refractivity contribution in [3.05, 3.63) is 16.4 Å². The quantitative estimate of drug-likeness (QED) is 0.815. The molecule has 0 radical (unpaired) electrons. The number of nitrogens with one attached hydrogen (secondary N) is 1. The maximum atomic E-state index is 10.9. The van der Waals surface area contributed by atoms with E-state index in [2.05, 4.69) is 10.4 Å². The van der Waals surface area contributed by atoms with E-state index in [-0.39, 0.29) is 0 Å². The maximum absolute atomic E-state index is 10.9. The Labute approximate surface area is 106 Å². The van der Waals surface area contributed by atoms with Crippen molar-refractivity contribution in [3.63, 3.8) is 0 Å². The molecule has 17 heavy (non-hydrogen) atoms. The van der Waals surface area contributed by atoms with Gasteiger partial charge in [-0.1, -0.05) is 18.5 Å². The molecule has 0 amide bonds. The van der Waals surface area contributed by atoms with Crippen LogP contribution in [0.15, 0.2) is 0 Å². The van der Waals surface area contributed by atoms with Crippen molar-refractivity contribution >= 4 is 17.6 Å². The normalized spacial score (nSPS) is 12.7. The SMILES string of the molecule is CCNC(CCn1nc(C)c(Cl)c1C)C(=O)O. The van der Waals surface area contributed by atoms with Crippen molar-refractivity contribution in [3.8, 4) is 0 Å². The highest BCUT2D eigenvalue weighted by Crippen LogP contribution is 2.19. The molecule has 0 saturated heterocycles. The van der Waals surface area contributed by atoms with Gasteiger partial charge in [0.05, 0.1) is 16.4 Å². The first kappa shape index (κ1) is 14.0. The van der Waals surface area contributed by atoms with Crippen molar-refractivity contribution < 1.29 is 9.90 Å². The fourth-order valence-electron chi connectivity index (χ4n) is 1.70. The van der Waals surface area contributed by atoms with Gasteiger partial charge < -0.3 is 10.4 Å². The third-order valence-electron chi connectivity index (χ3n) is 2.67. The number of aryl methyl sites for hydroxylation is 2. The van der Waals surface area contributed by atoms with E-state index in [0.29, 0.717) is 24.5 Å². The van der Waals surface area contributed by atoms with Crippen molar-refractivity contribution in [2.75, 3.05) is 6.54 Å². The second-order valence-corrected chi connectivity index (χ2v) is 4.32. The third kappa shape index (κ3) is 3.44. The maximum Gasteiger partial charge on any atom is 0.320 e. The van der Waals surface area contributed by atoms with E-state index in [9.17, 15) is 4.79 Å². The summed E-state index contributed by atoms with van der Waals surface area (Å²) in [6, 6.07) is -0.539. The minimum atomic E-state index is -0.834. The van der Waals surface area contributed by atoms with E-state index in [1.807, 2.05) is 20.8 Å². The van der Waals surface area contributed by atoms with Gasteiger partial charge >= 0.3 is 5.97 Å². The second kappa shape index (κ2) is 6.02. The Morgan fingerprint density at radius 3 is 2.65 bits per heavy atom. The zero-order chi connectivity index (χ0) is 13.0. The zero-order valence-corrected chi connectivity index (χ0v) is 11.1. The van der Waals surface area contributed by atoms with Gasteiger partial charge in [0.15, 0.2) is 0 Å². The average Bonchev–Trinajstić information content (AvgIpc) is 2.52. The van der Waals surface area contributed by atoms with Crippen LogP contribution in [0.3, 0.4) is 0 Å². The summed E-state index contributed by atoms with van der Waals surface area (Å²) < 4.78 is 1.75. The van der Waals surface area contributed by atoms with Crippen molar-refractivity contribution in [2.24, 2.45) is 0 Å². The van der Waals surface area contributed by atoms with Crippen molar-refractivity contribution in [1.29, 1.82) is 0 Å². The standard InChI is InChI=1S/C11H18ClN3O2/c1-4-13-9(11(16)17)5-6-15-8(3)10(12)7(2)14-15/h9,13H,4-6H2,1-3H3,(H,16,17). The lowest BCUT2D eigenvalue weighted by atomic mass is 10.2. The number of hydrogen-bond acceptors (Lipinski definition) is 3. The summed E-state index contributed by atoms with van der Waals surface area (Å²) in [4.78, 5) is 10.9. The molecule has 0 fully saturated rings. The van der Waals surface area contributed by atoms with Crippen LogP contribution in [0.1, 0.15) is 24.7 Å². The lowest BCUT2D eigenvalue weighted by molar-refractivity contribution is -0.139. The van der Waals surface area contributed by atoms with Gasteiger partial charge in [0.2, 0.25) is 0 Å². The van der Waals surface area contributed by atoms with Crippen LogP contribution in [-0.2, 0) is 11.3 Å². The molecule has 6 heteroatoms. The molecule has 2 N–H and O–H groups in total. The van der Waals surface area contributed by atoms with Crippen LogP contribution < -0.4 is 5.32 Å². The van der Waals surface area contributed by atoms with Crippen LogP contribution in [-0.4, -0.2) is 33.4 Å². The van der Waals surface area contributed by atoms with Crippen LogP contribution in [0.25, 0.3) is 0 Å². The van der Waals surface area contributed by atoms with E-state index in [4.69, 9.17) is 16.7 Å². The smallest absolute Gasteiger partial charge is 0.320 e. The lowest BCUT2D eigenvalue weighted by Crippen LogP contribution is -2.37. The molecule has 1 rings (SSSR count). The van der Waals surface area contributed by atoms with Crippen LogP contribution in [0.5, 0.6) is 0 Å². The Morgan fingerprint density at radius 2 is 2.24 bits per heavy atom. The average molecular weight is 260 g/mol. The molecule has 96 valence electrons. The van der Waals surface area contributed by atoms with E-state index in [1.54, 1.807) is 4.68 Å². The molecule has 1 atom stereocenters. The number of aliphatic carboxylic acids is 1. The fourth-order valence-corrected chi connectivity index (χ4v) is 1.84. The topological polar surface area (TPSA) is 67.2 Å². The molecule has 0 aliphatic heterocycles. The van der Waals surface area contributed by atoms with Gasteiger partial charge in [0.25, 0.3) is 0 Å². The molecule has 1 heterocycles. The number of likely N-dealkylation sites (N-methyl/N-ethyl adjacent to an activating group) is 1. The summed E-state index contributed by atoms with van der Waals surface area (Å²) >= 11 is 6.02. The van der Waals surface area contributed by atoms with Crippen molar-refractivity contribution in [2.45, 2.75) is 39.8 Å². The number of carboxylic acids is 1. The van der Waals surface area contributed by atoms with Gasteiger partial charge in [-0.25, -0.2) is 0 Å². The van der Waals surface area contributed by atoms with Gasteiger partial charge in [0.1, 0.15) is 6.04 Å². The highest BCUT2D eigenvalue weighted by molar-refractivity contribution is 6.31. The zero-order valence-electron chi connectivity index (χ0n) is 10.3. The highest BCUT2D eigenvalue weighted by Gasteiger charge is 2.17.